The Labute approximate surface area is 105 Å². The average Bonchev–Trinajstić information content (AvgIpc) is 2.87. The van der Waals surface area contributed by atoms with Crippen molar-refractivity contribution in [3.63, 3.8) is 0 Å². The molecule has 1 aliphatic rings. The zero-order chi connectivity index (χ0) is 12.4. The zero-order valence-electron chi connectivity index (χ0n) is 9.59. The minimum Gasteiger partial charge on any atom is -0.439 e. The van der Waals surface area contributed by atoms with Crippen molar-refractivity contribution in [2.45, 2.75) is 6.61 Å². The SMILES string of the molecule is N#Cc1ccc(Oc2ccc3c(c2)COB3)nc1. The van der Waals surface area contributed by atoms with E-state index in [0.717, 1.165) is 11.3 Å². The van der Waals surface area contributed by atoms with Crippen LogP contribution >= 0.6 is 0 Å². The first-order valence-corrected chi connectivity index (χ1v) is 5.59. The van der Waals surface area contributed by atoms with Crippen LogP contribution in [0.2, 0.25) is 0 Å². The van der Waals surface area contributed by atoms with Gasteiger partial charge in [0.1, 0.15) is 11.8 Å². The second-order valence-electron chi connectivity index (χ2n) is 4.02. The van der Waals surface area contributed by atoms with Gasteiger partial charge < -0.3 is 9.39 Å². The molecular weight excluding hydrogens is 227 g/mol. The summed E-state index contributed by atoms with van der Waals surface area (Å²) in [4.78, 5) is 4.06. The van der Waals surface area contributed by atoms with E-state index in [-0.39, 0.29) is 0 Å². The van der Waals surface area contributed by atoms with Crippen molar-refractivity contribution in [3.8, 4) is 17.7 Å². The number of rotatable bonds is 2. The van der Waals surface area contributed by atoms with E-state index in [0.29, 0.717) is 25.5 Å². The summed E-state index contributed by atoms with van der Waals surface area (Å²) in [5.41, 5.74) is 2.88. The molecule has 1 aromatic carbocycles. The first-order chi connectivity index (χ1) is 8.85. The van der Waals surface area contributed by atoms with Crippen LogP contribution in [0.1, 0.15) is 11.1 Å². The second-order valence-corrected chi connectivity index (χ2v) is 4.02. The molecule has 0 N–H and O–H groups in total. The van der Waals surface area contributed by atoms with Gasteiger partial charge in [-0.25, -0.2) is 4.98 Å². The summed E-state index contributed by atoms with van der Waals surface area (Å²) in [6.45, 7) is 0.632. The van der Waals surface area contributed by atoms with E-state index in [4.69, 9.17) is 14.7 Å². The highest BCUT2D eigenvalue weighted by Crippen LogP contribution is 2.21. The van der Waals surface area contributed by atoms with Crippen LogP contribution in [0.15, 0.2) is 36.5 Å². The number of hydrogen-bond acceptors (Lipinski definition) is 4. The van der Waals surface area contributed by atoms with Crippen LogP contribution in [-0.2, 0) is 11.3 Å². The number of benzene rings is 1. The van der Waals surface area contributed by atoms with Crippen molar-refractivity contribution in [1.82, 2.24) is 4.98 Å². The first kappa shape index (κ1) is 10.8. The van der Waals surface area contributed by atoms with Gasteiger partial charge in [-0.1, -0.05) is 6.07 Å². The lowest BCUT2D eigenvalue weighted by Gasteiger charge is -2.06. The highest BCUT2D eigenvalue weighted by Gasteiger charge is 2.13. The van der Waals surface area contributed by atoms with E-state index >= 15 is 0 Å². The molecule has 3 rings (SSSR count). The third-order valence-corrected chi connectivity index (χ3v) is 2.78. The number of nitriles is 1. The quantitative estimate of drug-likeness (QED) is 0.736. The molecule has 4 nitrogen and oxygen atoms in total. The fourth-order valence-electron chi connectivity index (χ4n) is 1.84. The summed E-state index contributed by atoms with van der Waals surface area (Å²) in [7, 11) is 0.671. The summed E-state index contributed by atoms with van der Waals surface area (Å²) in [6, 6.07) is 11.2. The van der Waals surface area contributed by atoms with Gasteiger partial charge in [-0.3, -0.25) is 0 Å². The van der Waals surface area contributed by atoms with Crippen LogP contribution in [0, 0.1) is 11.3 Å². The molecule has 0 radical (unpaired) electrons. The predicted octanol–water partition coefficient (Wildman–Crippen LogP) is 1.25. The van der Waals surface area contributed by atoms with Crippen molar-refractivity contribution in [2.24, 2.45) is 0 Å². The molecule has 0 bridgehead atoms. The molecule has 5 heteroatoms. The number of hydrogen-bond donors (Lipinski definition) is 0. The average molecular weight is 236 g/mol. The van der Waals surface area contributed by atoms with Crippen LogP contribution in [-0.4, -0.2) is 12.5 Å². The maximum atomic E-state index is 8.68. The van der Waals surface area contributed by atoms with E-state index in [9.17, 15) is 0 Å². The standard InChI is InChI=1S/C13H9BN2O2/c15-6-9-1-4-13(16-7-9)18-11-2-3-12-10(5-11)8-17-14-12/h1-5,7,14H,8H2. The Morgan fingerprint density at radius 2 is 2.28 bits per heavy atom. The van der Waals surface area contributed by atoms with Gasteiger partial charge in [0, 0.05) is 12.3 Å². The molecule has 0 fully saturated rings. The van der Waals surface area contributed by atoms with E-state index in [2.05, 4.69) is 4.98 Å². The van der Waals surface area contributed by atoms with Gasteiger partial charge >= 0.3 is 7.48 Å². The summed E-state index contributed by atoms with van der Waals surface area (Å²) in [5, 5.41) is 8.68. The van der Waals surface area contributed by atoms with Crippen LogP contribution in [0.5, 0.6) is 11.6 Å². The van der Waals surface area contributed by atoms with Gasteiger partial charge in [-0.2, -0.15) is 5.26 Å². The summed E-state index contributed by atoms with van der Waals surface area (Å²) in [5.74, 6) is 1.21. The molecule has 2 heterocycles. The molecule has 0 atom stereocenters. The highest BCUT2D eigenvalue weighted by molar-refractivity contribution is 6.48. The van der Waals surface area contributed by atoms with E-state index in [1.807, 2.05) is 24.3 Å². The molecule has 1 aliphatic heterocycles. The van der Waals surface area contributed by atoms with Crippen LogP contribution in [0.25, 0.3) is 0 Å². The topological polar surface area (TPSA) is 55.1 Å². The monoisotopic (exact) mass is 236 g/mol. The Balaban J connectivity index is 1.81. The van der Waals surface area contributed by atoms with Gasteiger partial charge in [0.05, 0.1) is 12.2 Å². The maximum Gasteiger partial charge on any atom is 0.309 e. The van der Waals surface area contributed by atoms with Gasteiger partial charge in [0.25, 0.3) is 0 Å². The van der Waals surface area contributed by atoms with Gasteiger partial charge in [-0.05, 0) is 29.2 Å². The van der Waals surface area contributed by atoms with E-state index < -0.39 is 0 Å². The Kier molecular flexibility index (Phi) is 2.71. The fourth-order valence-corrected chi connectivity index (χ4v) is 1.84. The summed E-state index contributed by atoms with van der Waals surface area (Å²) >= 11 is 0. The molecule has 0 saturated heterocycles. The lowest BCUT2D eigenvalue weighted by molar-refractivity contribution is 0.344. The summed E-state index contributed by atoms with van der Waals surface area (Å²) in [6.07, 6.45) is 1.49. The lowest BCUT2D eigenvalue weighted by atomic mass is 9.87. The first-order valence-electron chi connectivity index (χ1n) is 5.59. The minimum atomic E-state index is 0.480. The van der Waals surface area contributed by atoms with Crippen LogP contribution < -0.4 is 10.2 Å². The van der Waals surface area contributed by atoms with Crippen molar-refractivity contribution >= 4 is 12.9 Å². The van der Waals surface area contributed by atoms with E-state index in [1.54, 1.807) is 12.1 Å². The second kappa shape index (κ2) is 4.51. The molecule has 2 aromatic rings. The van der Waals surface area contributed by atoms with Gasteiger partial charge in [-0.15, -0.1) is 0 Å². The molecule has 0 amide bonds. The minimum absolute atomic E-state index is 0.480. The van der Waals surface area contributed by atoms with Gasteiger partial charge in [0.15, 0.2) is 0 Å². The molecule has 0 unspecified atom stereocenters. The zero-order valence-corrected chi connectivity index (χ0v) is 9.59. The molecule has 0 aliphatic carbocycles. The molecule has 1 aromatic heterocycles. The number of aromatic nitrogens is 1. The summed E-state index contributed by atoms with van der Waals surface area (Å²) < 4.78 is 11.0. The molecule has 86 valence electrons. The number of fused-ring (bicyclic) bond motifs is 1. The number of nitrogens with zero attached hydrogens (tertiary/aromatic N) is 2. The number of ether oxygens (including phenoxy) is 1. The molecule has 0 saturated carbocycles. The lowest BCUT2D eigenvalue weighted by Crippen LogP contribution is -2.10. The van der Waals surface area contributed by atoms with Crippen molar-refractivity contribution in [2.75, 3.05) is 0 Å². The predicted molar refractivity (Wildman–Crippen MR) is 67.0 cm³/mol. The highest BCUT2D eigenvalue weighted by atomic mass is 16.5. The van der Waals surface area contributed by atoms with Crippen molar-refractivity contribution in [3.05, 3.63) is 47.7 Å². The Morgan fingerprint density at radius 3 is 3.06 bits per heavy atom. The molecule has 18 heavy (non-hydrogen) atoms. The van der Waals surface area contributed by atoms with Gasteiger partial charge in [0.2, 0.25) is 5.88 Å². The van der Waals surface area contributed by atoms with Crippen molar-refractivity contribution in [1.29, 1.82) is 5.26 Å². The Bertz CT molecular complexity index is 620. The Hall–Kier alpha value is -2.32. The smallest absolute Gasteiger partial charge is 0.309 e. The fraction of sp³-hybridized carbons (Fsp3) is 0.0769. The molecule has 0 spiro atoms. The maximum absolute atomic E-state index is 8.68. The van der Waals surface area contributed by atoms with Crippen LogP contribution in [0.4, 0.5) is 0 Å². The third-order valence-electron chi connectivity index (χ3n) is 2.78. The molecular formula is C13H9BN2O2. The van der Waals surface area contributed by atoms with Crippen LogP contribution in [0.3, 0.4) is 0 Å². The largest absolute Gasteiger partial charge is 0.439 e. The van der Waals surface area contributed by atoms with Crippen molar-refractivity contribution < 1.29 is 9.39 Å². The number of pyridine rings is 1. The normalized spacial score (nSPS) is 12.4. The Morgan fingerprint density at radius 1 is 1.33 bits per heavy atom. The van der Waals surface area contributed by atoms with E-state index in [1.165, 1.54) is 11.7 Å². The third kappa shape index (κ3) is 2.06.